The maximum absolute atomic E-state index is 12.3. The third-order valence-electron chi connectivity index (χ3n) is 3.83. The van der Waals surface area contributed by atoms with Crippen molar-refractivity contribution >= 4 is 34.3 Å². The van der Waals surface area contributed by atoms with Gasteiger partial charge in [0.25, 0.3) is 0 Å². The molecule has 0 unspecified atom stereocenters. The summed E-state index contributed by atoms with van der Waals surface area (Å²) in [4.78, 5) is 30.4. The number of carbonyl (C=O) groups is 2. The van der Waals surface area contributed by atoms with E-state index in [1.807, 2.05) is 31.3 Å². The summed E-state index contributed by atoms with van der Waals surface area (Å²) >= 11 is 6.01. The summed E-state index contributed by atoms with van der Waals surface area (Å²) in [5.74, 6) is -0.0343. The molecule has 0 saturated carbocycles. The van der Waals surface area contributed by atoms with Crippen molar-refractivity contribution in [3.05, 3.63) is 35.0 Å². The van der Waals surface area contributed by atoms with Crippen LogP contribution in [0.25, 0.3) is 10.9 Å². The number of hydrogen-bond donors (Lipinski definition) is 1. The molecule has 0 bridgehead atoms. The Morgan fingerprint density at radius 3 is 2.95 bits per heavy atom. The second-order valence-corrected chi connectivity index (χ2v) is 5.60. The van der Waals surface area contributed by atoms with Crippen molar-refractivity contribution in [2.75, 3.05) is 19.8 Å². The third-order valence-corrected chi connectivity index (χ3v) is 4.06. The van der Waals surface area contributed by atoms with Crippen molar-refractivity contribution in [3.63, 3.8) is 0 Å². The second-order valence-electron chi connectivity index (χ2n) is 5.16. The van der Waals surface area contributed by atoms with Crippen LogP contribution in [0.2, 0.25) is 5.02 Å². The van der Waals surface area contributed by atoms with Gasteiger partial charge in [0.1, 0.15) is 6.54 Å². The lowest BCUT2D eigenvalue weighted by atomic mass is 10.1. The minimum Gasteiger partial charge on any atom is -0.361 e. The molecule has 1 fully saturated rings. The topological polar surface area (TPSA) is 56.4 Å². The predicted molar refractivity (Wildman–Crippen MR) is 81.0 cm³/mol. The zero-order valence-electron chi connectivity index (χ0n) is 11.7. The van der Waals surface area contributed by atoms with Crippen molar-refractivity contribution in [2.24, 2.45) is 0 Å². The minimum atomic E-state index is -0.0415. The van der Waals surface area contributed by atoms with Crippen LogP contribution in [-0.4, -0.2) is 46.4 Å². The number of carbonyl (C=O) groups excluding carboxylic acids is 2. The molecule has 2 heterocycles. The number of benzene rings is 1. The standard InChI is InChI=1S/C15H16ClN3O2/c1-2-18-9-19(8-15(18)21)14(20)5-10-7-17-13-4-3-11(16)6-12(10)13/h3-4,6-7,17H,2,5,8-9H2,1H3. The van der Waals surface area contributed by atoms with Crippen LogP contribution in [0.5, 0.6) is 0 Å². The van der Waals surface area contributed by atoms with Gasteiger partial charge >= 0.3 is 0 Å². The Balaban J connectivity index is 1.78. The first-order valence-electron chi connectivity index (χ1n) is 6.89. The number of fused-ring (bicyclic) bond motifs is 1. The summed E-state index contributed by atoms with van der Waals surface area (Å²) in [5, 5.41) is 1.60. The van der Waals surface area contributed by atoms with E-state index in [0.717, 1.165) is 16.5 Å². The number of halogens is 1. The van der Waals surface area contributed by atoms with E-state index in [2.05, 4.69) is 4.98 Å². The molecule has 0 radical (unpaired) electrons. The van der Waals surface area contributed by atoms with Crippen LogP contribution in [0.1, 0.15) is 12.5 Å². The van der Waals surface area contributed by atoms with Gasteiger partial charge in [0, 0.05) is 28.7 Å². The van der Waals surface area contributed by atoms with Gasteiger partial charge in [-0.1, -0.05) is 11.6 Å². The van der Waals surface area contributed by atoms with Crippen molar-refractivity contribution in [1.82, 2.24) is 14.8 Å². The molecule has 2 aromatic rings. The number of aromatic nitrogens is 1. The molecule has 1 aromatic heterocycles. The molecular weight excluding hydrogens is 290 g/mol. The van der Waals surface area contributed by atoms with Crippen LogP contribution in [0.4, 0.5) is 0 Å². The van der Waals surface area contributed by atoms with Crippen LogP contribution in [0.3, 0.4) is 0 Å². The number of aromatic amines is 1. The van der Waals surface area contributed by atoms with Crippen LogP contribution in [0.15, 0.2) is 24.4 Å². The highest BCUT2D eigenvalue weighted by atomic mass is 35.5. The van der Waals surface area contributed by atoms with E-state index in [-0.39, 0.29) is 24.8 Å². The monoisotopic (exact) mass is 305 g/mol. The van der Waals surface area contributed by atoms with Gasteiger partial charge in [-0.25, -0.2) is 0 Å². The first-order chi connectivity index (χ1) is 10.1. The van der Waals surface area contributed by atoms with Crippen molar-refractivity contribution in [2.45, 2.75) is 13.3 Å². The van der Waals surface area contributed by atoms with E-state index in [1.54, 1.807) is 9.80 Å². The van der Waals surface area contributed by atoms with Gasteiger partial charge in [0.2, 0.25) is 11.8 Å². The van der Waals surface area contributed by atoms with E-state index in [0.29, 0.717) is 18.2 Å². The zero-order chi connectivity index (χ0) is 15.0. The van der Waals surface area contributed by atoms with Crippen molar-refractivity contribution < 1.29 is 9.59 Å². The average molecular weight is 306 g/mol. The molecular formula is C15H16ClN3O2. The van der Waals surface area contributed by atoms with Crippen LogP contribution in [0, 0.1) is 0 Å². The fraction of sp³-hybridized carbons (Fsp3) is 0.333. The summed E-state index contributed by atoms with van der Waals surface area (Å²) in [7, 11) is 0. The third kappa shape index (κ3) is 2.61. The van der Waals surface area contributed by atoms with Gasteiger partial charge in [-0.2, -0.15) is 0 Å². The second kappa shape index (κ2) is 5.41. The van der Waals surface area contributed by atoms with Gasteiger partial charge in [-0.15, -0.1) is 0 Å². The van der Waals surface area contributed by atoms with Gasteiger partial charge in [0.05, 0.1) is 13.1 Å². The van der Waals surface area contributed by atoms with Gasteiger partial charge in [-0.3, -0.25) is 9.59 Å². The molecule has 2 amide bonds. The van der Waals surface area contributed by atoms with E-state index < -0.39 is 0 Å². The molecule has 3 rings (SSSR count). The Labute approximate surface area is 127 Å². The first-order valence-corrected chi connectivity index (χ1v) is 7.27. The Morgan fingerprint density at radius 2 is 2.24 bits per heavy atom. The lowest BCUT2D eigenvalue weighted by Crippen LogP contribution is -2.32. The van der Waals surface area contributed by atoms with Gasteiger partial charge in [-0.05, 0) is 30.7 Å². The molecule has 1 aromatic carbocycles. The van der Waals surface area contributed by atoms with Gasteiger partial charge in [0.15, 0.2) is 0 Å². The number of nitrogens with zero attached hydrogens (tertiary/aromatic N) is 2. The molecule has 0 atom stereocenters. The fourth-order valence-electron chi connectivity index (χ4n) is 2.61. The number of nitrogens with one attached hydrogen (secondary N) is 1. The summed E-state index contributed by atoms with van der Waals surface area (Å²) in [6, 6.07) is 5.55. The first kappa shape index (κ1) is 13.9. The molecule has 21 heavy (non-hydrogen) atoms. The Hall–Kier alpha value is -2.01. The molecule has 0 aliphatic carbocycles. The average Bonchev–Trinajstić information content (AvgIpc) is 3.03. The molecule has 1 aliphatic heterocycles. The Morgan fingerprint density at radius 1 is 1.43 bits per heavy atom. The Kier molecular flexibility index (Phi) is 3.59. The molecule has 1 aliphatic rings. The highest BCUT2D eigenvalue weighted by Gasteiger charge is 2.29. The van der Waals surface area contributed by atoms with Crippen LogP contribution >= 0.6 is 11.6 Å². The minimum absolute atomic E-state index is 0.00724. The summed E-state index contributed by atoms with van der Waals surface area (Å²) in [5.41, 5.74) is 1.86. The number of hydrogen-bond acceptors (Lipinski definition) is 2. The highest BCUT2D eigenvalue weighted by molar-refractivity contribution is 6.31. The van der Waals surface area contributed by atoms with Crippen molar-refractivity contribution in [1.29, 1.82) is 0 Å². The summed E-state index contributed by atoms with van der Waals surface area (Å²) in [6.45, 7) is 3.10. The van der Waals surface area contributed by atoms with E-state index >= 15 is 0 Å². The smallest absolute Gasteiger partial charge is 0.243 e. The maximum Gasteiger partial charge on any atom is 0.243 e. The number of H-pyrrole nitrogens is 1. The number of likely N-dealkylation sites (N-methyl/N-ethyl adjacent to an activating group) is 1. The molecule has 5 nitrogen and oxygen atoms in total. The normalized spacial score (nSPS) is 15.2. The van der Waals surface area contributed by atoms with E-state index in [4.69, 9.17) is 11.6 Å². The maximum atomic E-state index is 12.3. The molecule has 110 valence electrons. The van der Waals surface area contributed by atoms with Gasteiger partial charge < -0.3 is 14.8 Å². The van der Waals surface area contributed by atoms with Crippen LogP contribution in [-0.2, 0) is 16.0 Å². The van der Waals surface area contributed by atoms with E-state index in [9.17, 15) is 9.59 Å². The summed E-state index contributed by atoms with van der Waals surface area (Å²) in [6.07, 6.45) is 2.10. The lowest BCUT2D eigenvalue weighted by Gasteiger charge is -2.16. The van der Waals surface area contributed by atoms with Crippen LogP contribution < -0.4 is 0 Å². The Bertz CT molecular complexity index is 710. The molecule has 1 saturated heterocycles. The largest absolute Gasteiger partial charge is 0.361 e. The molecule has 1 N–H and O–H groups in total. The van der Waals surface area contributed by atoms with E-state index in [1.165, 1.54) is 0 Å². The zero-order valence-corrected chi connectivity index (χ0v) is 12.5. The highest BCUT2D eigenvalue weighted by Crippen LogP contribution is 2.23. The number of rotatable bonds is 3. The SMILES string of the molecule is CCN1CN(C(=O)Cc2c[nH]c3ccc(Cl)cc23)CC1=O. The lowest BCUT2D eigenvalue weighted by molar-refractivity contribution is -0.131. The number of amides is 2. The summed E-state index contributed by atoms with van der Waals surface area (Å²) < 4.78 is 0. The van der Waals surface area contributed by atoms with Crippen molar-refractivity contribution in [3.8, 4) is 0 Å². The molecule has 0 spiro atoms. The predicted octanol–water partition coefficient (Wildman–Crippen LogP) is 2.01. The fourth-order valence-corrected chi connectivity index (χ4v) is 2.79. The quantitative estimate of drug-likeness (QED) is 0.943. The molecule has 6 heteroatoms.